The van der Waals surface area contributed by atoms with Gasteiger partial charge in [-0.1, -0.05) is 29.4 Å². The molecule has 0 spiro atoms. The van der Waals surface area contributed by atoms with Crippen LogP contribution in [0.15, 0.2) is 51.2 Å². The molecule has 1 aromatic carbocycles. The first-order valence-electron chi connectivity index (χ1n) is 9.67. The number of halogens is 3. The molecule has 2 atom stereocenters. The van der Waals surface area contributed by atoms with Crippen LogP contribution in [0.4, 0.5) is 13.2 Å². The van der Waals surface area contributed by atoms with Gasteiger partial charge in [-0.15, -0.1) is 11.3 Å². The zero-order valence-corrected chi connectivity index (χ0v) is 18.4. The Bertz CT molecular complexity index is 1280. The maximum absolute atomic E-state index is 12.9. The fraction of sp³-hybridized carbons (Fsp3) is 0.300. The number of benzene rings is 1. The molecule has 4 rings (SSSR count). The number of carboxylic acid groups (broad SMARTS) is 1. The highest BCUT2D eigenvalue weighted by atomic mass is 32.2. The minimum Gasteiger partial charge on any atom is -0.480 e. The third-order valence-electron chi connectivity index (χ3n) is 5.36. The van der Waals surface area contributed by atoms with E-state index >= 15 is 0 Å². The third-order valence-corrected chi connectivity index (χ3v) is 8.47. The highest BCUT2D eigenvalue weighted by Gasteiger charge is 2.63. The molecule has 0 bridgehead atoms. The number of nitrogens with one attached hydrogen (secondary N) is 1. The summed E-state index contributed by atoms with van der Waals surface area (Å²) in [6.07, 6.45) is -4.00. The average Bonchev–Trinajstić information content (AvgIpc) is 3.12. The van der Waals surface area contributed by atoms with E-state index in [2.05, 4.69) is 14.4 Å². The summed E-state index contributed by atoms with van der Waals surface area (Å²) in [6.45, 7) is 0.469. The molecule has 0 unspecified atom stereocenters. The van der Waals surface area contributed by atoms with Crippen LogP contribution in [-0.2, 0) is 27.4 Å². The van der Waals surface area contributed by atoms with E-state index in [0.29, 0.717) is 35.9 Å². The Kier molecular flexibility index (Phi) is 5.85. The molecule has 2 heterocycles. The Hall–Kier alpha value is -2.74. The monoisotopic (exact) mass is 501 g/mol. The lowest BCUT2D eigenvalue weighted by molar-refractivity contribution is -0.155. The second-order valence-electron chi connectivity index (χ2n) is 7.61. The maximum Gasteiger partial charge on any atom is 0.452 e. The fourth-order valence-corrected chi connectivity index (χ4v) is 6.22. The Morgan fingerprint density at radius 2 is 1.97 bits per heavy atom. The van der Waals surface area contributed by atoms with Gasteiger partial charge in [0.05, 0.1) is 4.88 Å². The summed E-state index contributed by atoms with van der Waals surface area (Å²) in [5.74, 6) is -3.19. The van der Waals surface area contributed by atoms with Crippen molar-refractivity contribution in [2.24, 2.45) is 5.73 Å². The van der Waals surface area contributed by atoms with E-state index < -0.39 is 39.4 Å². The number of sulfonamides is 1. The molecule has 1 aliphatic rings. The molecule has 1 saturated carbocycles. The van der Waals surface area contributed by atoms with Gasteiger partial charge in [0.25, 0.3) is 10.0 Å². The average molecular weight is 502 g/mol. The van der Waals surface area contributed by atoms with Gasteiger partial charge in [0, 0.05) is 12.0 Å². The van der Waals surface area contributed by atoms with Crippen LogP contribution in [0.2, 0.25) is 0 Å². The summed E-state index contributed by atoms with van der Waals surface area (Å²) in [6, 6.07) is 10.3. The molecular weight excluding hydrogens is 483 g/mol. The zero-order valence-electron chi connectivity index (χ0n) is 16.8. The molecule has 176 valence electrons. The molecule has 0 amide bonds. The number of hydrogen-bond donors (Lipinski definition) is 3. The van der Waals surface area contributed by atoms with Crippen molar-refractivity contribution in [1.29, 1.82) is 0 Å². The van der Waals surface area contributed by atoms with E-state index in [1.54, 1.807) is 12.1 Å². The lowest BCUT2D eigenvalue weighted by atomic mass is 10.0. The number of thiophene rings is 1. The van der Waals surface area contributed by atoms with Crippen LogP contribution < -0.4 is 10.5 Å². The molecule has 2 aromatic heterocycles. The molecule has 0 radical (unpaired) electrons. The summed E-state index contributed by atoms with van der Waals surface area (Å²) in [5.41, 5.74) is 5.29. The zero-order chi connectivity index (χ0) is 24.0. The topological polar surface area (TPSA) is 136 Å². The van der Waals surface area contributed by atoms with Crippen LogP contribution in [0.5, 0.6) is 0 Å². The molecule has 8 nitrogen and oxygen atoms in total. The van der Waals surface area contributed by atoms with E-state index in [-0.39, 0.29) is 21.2 Å². The Balaban J connectivity index is 1.55. The molecule has 13 heteroatoms. The Labute approximate surface area is 190 Å². The molecule has 0 saturated heterocycles. The van der Waals surface area contributed by atoms with E-state index in [9.17, 15) is 31.5 Å². The number of nitrogens with zero attached hydrogens (tertiary/aromatic N) is 1. The van der Waals surface area contributed by atoms with E-state index in [0.717, 1.165) is 5.56 Å². The normalized spacial score (nSPS) is 20.7. The lowest BCUT2D eigenvalue weighted by Crippen LogP contribution is -2.44. The maximum atomic E-state index is 12.9. The van der Waals surface area contributed by atoms with Crippen LogP contribution in [-0.4, -0.2) is 36.7 Å². The molecule has 33 heavy (non-hydrogen) atoms. The van der Waals surface area contributed by atoms with Crippen molar-refractivity contribution in [3.63, 3.8) is 0 Å². The van der Waals surface area contributed by atoms with Crippen molar-refractivity contribution in [2.45, 2.75) is 34.7 Å². The second kappa shape index (κ2) is 8.24. The predicted molar refractivity (Wildman–Crippen MR) is 112 cm³/mol. The first-order chi connectivity index (χ1) is 15.5. The van der Waals surface area contributed by atoms with Crippen molar-refractivity contribution in [2.75, 3.05) is 6.54 Å². The number of alkyl halides is 3. The second-order valence-corrected chi connectivity index (χ2v) is 10.6. The lowest BCUT2D eigenvalue weighted by Gasteiger charge is -2.15. The highest BCUT2D eigenvalue weighted by Crippen LogP contribution is 2.52. The standard InChI is InChI=1S/C20H18F3N3O5S2/c21-20(22,23)16-9-14(25-31-16)15-5-6-17(32-15)33(29,30)26-19(18(27)28)10-13(19)12-3-1-11(2-4-12)7-8-24/h1-6,9,13,26H,7-8,10,24H2,(H,27,28)/t13-,19-/m0/s1. The summed E-state index contributed by atoms with van der Waals surface area (Å²) >= 11 is 0.656. The van der Waals surface area contributed by atoms with Gasteiger partial charge < -0.3 is 15.4 Å². The number of rotatable bonds is 8. The van der Waals surface area contributed by atoms with Gasteiger partial charge in [-0.2, -0.15) is 17.9 Å². The van der Waals surface area contributed by atoms with Gasteiger partial charge in [0.2, 0.25) is 5.76 Å². The number of carbonyl (C=O) groups is 1. The number of aromatic nitrogens is 1. The van der Waals surface area contributed by atoms with Crippen LogP contribution in [0.3, 0.4) is 0 Å². The quantitative estimate of drug-likeness (QED) is 0.431. The van der Waals surface area contributed by atoms with Crippen LogP contribution in [0, 0.1) is 0 Å². The minimum absolute atomic E-state index is 0.0638. The van der Waals surface area contributed by atoms with Crippen molar-refractivity contribution in [3.8, 4) is 10.6 Å². The van der Waals surface area contributed by atoms with E-state index in [1.165, 1.54) is 12.1 Å². The van der Waals surface area contributed by atoms with Gasteiger partial charge >= 0.3 is 12.1 Å². The number of nitrogens with two attached hydrogens (primary N) is 1. The Morgan fingerprint density at radius 1 is 1.27 bits per heavy atom. The molecular formula is C20H18F3N3O5S2. The first kappa shape index (κ1) is 23.4. The van der Waals surface area contributed by atoms with Crippen molar-refractivity contribution >= 4 is 27.3 Å². The number of carboxylic acids is 1. The SMILES string of the molecule is NCCc1ccc([C@@H]2C[C@@]2(NS(=O)(=O)c2ccc(-c3cc(C(F)(F)F)on3)s2)C(=O)O)cc1. The third kappa shape index (κ3) is 4.53. The fourth-order valence-electron chi connectivity index (χ4n) is 3.56. The van der Waals surface area contributed by atoms with Gasteiger partial charge in [0.15, 0.2) is 0 Å². The van der Waals surface area contributed by atoms with Crippen LogP contribution in [0.1, 0.15) is 29.2 Å². The highest BCUT2D eigenvalue weighted by molar-refractivity contribution is 7.91. The van der Waals surface area contributed by atoms with Crippen LogP contribution in [0.25, 0.3) is 10.6 Å². The van der Waals surface area contributed by atoms with Gasteiger partial charge in [-0.3, -0.25) is 4.79 Å². The first-order valence-corrected chi connectivity index (χ1v) is 12.0. The smallest absolute Gasteiger partial charge is 0.452 e. The summed E-state index contributed by atoms with van der Waals surface area (Å²) in [4.78, 5) is 12.1. The van der Waals surface area contributed by atoms with Gasteiger partial charge in [-0.05, 0) is 42.6 Å². The van der Waals surface area contributed by atoms with Gasteiger partial charge in [0.1, 0.15) is 15.4 Å². The molecule has 1 fully saturated rings. The van der Waals surface area contributed by atoms with Crippen molar-refractivity contribution < 1.29 is 36.0 Å². The predicted octanol–water partition coefficient (Wildman–Crippen LogP) is 3.21. The molecule has 1 aliphatic carbocycles. The Morgan fingerprint density at radius 3 is 2.55 bits per heavy atom. The minimum atomic E-state index is -4.73. The van der Waals surface area contributed by atoms with E-state index in [1.807, 2.05) is 12.1 Å². The van der Waals surface area contributed by atoms with E-state index in [4.69, 9.17) is 5.73 Å². The largest absolute Gasteiger partial charge is 0.480 e. The van der Waals surface area contributed by atoms with Crippen molar-refractivity contribution in [1.82, 2.24) is 9.88 Å². The summed E-state index contributed by atoms with van der Waals surface area (Å²) < 4.78 is 70.3. The van der Waals surface area contributed by atoms with Crippen LogP contribution >= 0.6 is 11.3 Å². The molecule has 3 aromatic rings. The summed E-state index contributed by atoms with van der Waals surface area (Å²) in [5, 5.41) is 13.1. The molecule has 0 aliphatic heterocycles. The van der Waals surface area contributed by atoms with Crippen molar-refractivity contribution in [3.05, 3.63) is 59.4 Å². The number of hydrogen-bond acceptors (Lipinski definition) is 7. The summed E-state index contributed by atoms with van der Waals surface area (Å²) in [7, 11) is -4.28. The van der Waals surface area contributed by atoms with Gasteiger partial charge in [-0.25, -0.2) is 8.42 Å². The molecule has 4 N–H and O–H groups in total. The number of aliphatic carboxylic acids is 1.